The molecule has 0 aromatic heterocycles. The van der Waals surface area contributed by atoms with Gasteiger partial charge in [0.25, 0.3) is 0 Å². The molecule has 0 bridgehead atoms. The summed E-state index contributed by atoms with van der Waals surface area (Å²) < 4.78 is 10.8. The summed E-state index contributed by atoms with van der Waals surface area (Å²) in [5, 5.41) is 9.85. The van der Waals surface area contributed by atoms with E-state index in [-0.39, 0.29) is 12.6 Å². The molecule has 0 amide bonds. The van der Waals surface area contributed by atoms with Crippen LogP contribution in [0, 0.1) is 0 Å². The monoisotopic (exact) mass is 416 g/mol. The molecule has 0 aliphatic carbocycles. The lowest BCUT2D eigenvalue weighted by Crippen LogP contribution is -2.05. The van der Waals surface area contributed by atoms with E-state index in [4.69, 9.17) is 9.47 Å². The van der Waals surface area contributed by atoms with Crippen molar-refractivity contribution >= 4 is 49.1 Å². The van der Waals surface area contributed by atoms with Gasteiger partial charge in [-0.05, 0) is 72.9 Å². The van der Waals surface area contributed by atoms with Crippen molar-refractivity contribution in [3.63, 3.8) is 0 Å². The van der Waals surface area contributed by atoms with E-state index < -0.39 is 0 Å². The zero-order chi connectivity index (χ0) is 21.7. The topological polar surface area (TPSA) is 35.5 Å². The van der Waals surface area contributed by atoms with Gasteiger partial charge >= 0.3 is 5.97 Å². The molecule has 0 fully saturated rings. The fourth-order valence-corrected chi connectivity index (χ4v) is 4.79. The Balaban J connectivity index is 1.46. The van der Waals surface area contributed by atoms with Crippen LogP contribution in [0.15, 0.2) is 91.0 Å². The van der Waals surface area contributed by atoms with Gasteiger partial charge in [-0.3, -0.25) is 0 Å². The molecule has 0 saturated carbocycles. The Morgan fingerprint density at radius 1 is 0.656 bits per heavy atom. The molecule has 32 heavy (non-hydrogen) atoms. The highest BCUT2D eigenvalue weighted by Gasteiger charge is 2.15. The maximum atomic E-state index is 12.6. The van der Waals surface area contributed by atoms with E-state index in [9.17, 15) is 4.79 Å². The Morgan fingerprint density at radius 3 is 1.94 bits per heavy atom. The predicted molar refractivity (Wildman–Crippen MR) is 130 cm³/mol. The van der Waals surface area contributed by atoms with Gasteiger partial charge < -0.3 is 9.47 Å². The minimum absolute atomic E-state index is 0.219. The van der Waals surface area contributed by atoms with E-state index in [1.807, 2.05) is 0 Å². The SMILES string of the molecule is COc1ccc(C(=O)OCc2ccc3c4cccc5cccc(c6cccc2c63)c54)cc1. The number of carbonyl (C=O) groups excluding carboxylic acids is 1. The average Bonchev–Trinajstić information content (AvgIpc) is 2.86. The molecule has 0 aliphatic rings. The molecule has 0 radical (unpaired) electrons. The second-order valence-electron chi connectivity index (χ2n) is 8.01. The molecule has 3 heteroatoms. The third-order valence-corrected chi connectivity index (χ3v) is 6.30. The van der Waals surface area contributed by atoms with Crippen LogP contribution in [0.3, 0.4) is 0 Å². The second-order valence-corrected chi connectivity index (χ2v) is 8.01. The highest BCUT2D eigenvalue weighted by Crippen LogP contribution is 2.40. The average molecular weight is 416 g/mol. The number of carbonyl (C=O) groups is 1. The van der Waals surface area contributed by atoms with Crippen molar-refractivity contribution in [3.8, 4) is 5.75 Å². The Labute approximate surface area is 185 Å². The van der Waals surface area contributed by atoms with Crippen LogP contribution in [-0.2, 0) is 11.3 Å². The molecule has 6 aromatic carbocycles. The van der Waals surface area contributed by atoms with Crippen molar-refractivity contribution < 1.29 is 14.3 Å². The summed E-state index contributed by atoms with van der Waals surface area (Å²) >= 11 is 0. The Morgan fingerprint density at radius 2 is 1.25 bits per heavy atom. The molecule has 154 valence electrons. The maximum Gasteiger partial charge on any atom is 0.338 e. The van der Waals surface area contributed by atoms with Gasteiger partial charge in [-0.2, -0.15) is 0 Å². The van der Waals surface area contributed by atoms with Crippen molar-refractivity contribution in [2.75, 3.05) is 7.11 Å². The van der Waals surface area contributed by atoms with Gasteiger partial charge in [-0.25, -0.2) is 4.79 Å². The summed E-state index contributed by atoms with van der Waals surface area (Å²) in [6, 6.07) is 30.5. The number of fused-ring (bicyclic) bond motifs is 2. The molecule has 0 spiro atoms. The summed E-state index contributed by atoms with van der Waals surface area (Å²) in [5.41, 5.74) is 1.51. The van der Waals surface area contributed by atoms with Crippen LogP contribution in [0.1, 0.15) is 15.9 Å². The van der Waals surface area contributed by atoms with E-state index in [1.165, 1.54) is 37.7 Å². The van der Waals surface area contributed by atoms with Crippen LogP contribution in [0.4, 0.5) is 0 Å². The van der Waals surface area contributed by atoms with Crippen LogP contribution in [0.2, 0.25) is 0 Å². The highest BCUT2D eigenvalue weighted by atomic mass is 16.5. The Kier molecular flexibility index (Phi) is 4.22. The first-order valence-corrected chi connectivity index (χ1v) is 10.6. The fraction of sp³-hybridized carbons (Fsp3) is 0.0690. The quantitative estimate of drug-likeness (QED) is 0.175. The molecule has 6 rings (SSSR count). The zero-order valence-corrected chi connectivity index (χ0v) is 17.6. The summed E-state index contributed by atoms with van der Waals surface area (Å²) in [6.07, 6.45) is 0. The van der Waals surface area contributed by atoms with Crippen LogP contribution in [0.25, 0.3) is 43.1 Å². The molecule has 0 N–H and O–H groups in total. The number of rotatable bonds is 4. The number of methoxy groups -OCH3 is 1. The first-order valence-electron chi connectivity index (χ1n) is 10.6. The Hall–Kier alpha value is -4.11. The summed E-state index contributed by atoms with van der Waals surface area (Å²) in [6.45, 7) is 0.219. The first kappa shape index (κ1) is 18.6. The predicted octanol–water partition coefficient (Wildman–Crippen LogP) is 7.10. The van der Waals surface area contributed by atoms with E-state index in [0.717, 1.165) is 10.9 Å². The molecular formula is C29H20O3. The van der Waals surface area contributed by atoms with E-state index >= 15 is 0 Å². The lowest BCUT2D eigenvalue weighted by Gasteiger charge is -2.16. The minimum Gasteiger partial charge on any atom is -0.497 e. The number of ether oxygens (including phenoxy) is 2. The van der Waals surface area contributed by atoms with Crippen molar-refractivity contribution in [1.29, 1.82) is 0 Å². The summed E-state index contributed by atoms with van der Waals surface area (Å²) in [5.74, 6) is 0.365. The Bertz CT molecular complexity index is 1560. The minimum atomic E-state index is -0.344. The molecule has 0 saturated heterocycles. The van der Waals surface area contributed by atoms with Crippen molar-refractivity contribution in [2.24, 2.45) is 0 Å². The van der Waals surface area contributed by atoms with Crippen molar-refractivity contribution in [1.82, 2.24) is 0 Å². The molecule has 0 unspecified atom stereocenters. The van der Waals surface area contributed by atoms with Gasteiger partial charge in [0.15, 0.2) is 0 Å². The van der Waals surface area contributed by atoms with Crippen LogP contribution in [0.5, 0.6) is 5.75 Å². The van der Waals surface area contributed by atoms with Crippen LogP contribution < -0.4 is 4.74 Å². The van der Waals surface area contributed by atoms with Crippen LogP contribution in [-0.4, -0.2) is 13.1 Å². The van der Waals surface area contributed by atoms with Crippen molar-refractivity contribution in [3.05, 3.63) is 102 Å². The van der Waals surface area contributed by atoms with E-state index in [0.29, 0.717) is 11.3 Å². The molecule has 6 aromatic rings. The maximum absolute atomic E-state index is 12.6. The lowest BCUT2D eigenvalue weighted by atomic mass is 9.88. The van der Waals surface area contributed by atoms with Crippen molar-refractivity contribution in [2.45, 2.75) is 6.61 Å². The first-order chi connectivity index (χ1) is 15.7. The van der Waals surface area contributed by atoms with Gasteiger partial charge in [0.05, 0.1) is 12.7 Å². The summed E-state index contributed by atoms with van der Waals surface area (Å²) in [4.78, 5) is 12.6. The zero-order valence-electron chi connectivity index (χ0n) is 17.6. The van der Waals surface area contributed by atoms with Gasteiger partial charge in [0.1, 0.15) is 12.4 Å². The lowest BCUT2D eigenvalue weighted by molar-refractivity contribution is 0.0474. The molecule has 0 atom stereocenters. The smallest absolute Gasteiger partial charge is 0.338 e. The normalized spacial score (nSPS) is 11.5. The number of hydrogen-bond acceptors (Lipinski definition) is 3. The number of benzene rings is 6. The number of hydrogen-bond donors (Lipinski definition) is 0. The van der Waals surface area contributed by atoms with E-state index in [2.05, 4.69) is 66.7 Å². The molecular weight excluding hydrogens is 396 g/mol. The largest absolute Gasteiger partial charge is 0.497 e. The summed E-state index contributed by atoms with van der Waals surface area (Å²) in [7, 11) is 1.60. The van der Waals surface area contributed by atoms with Gasteiger partial charge in [0.2, 0.25) is 0 Å². The van der Waals surface area contributed by atoms with Gasteiger partial charge in [0, 0.05) is 0 Å². The highest BCUT2D eigenvalue weighted by molar-refractivity contribution is 6.33. The molecule has 0 heterocycles. The van der Waals surface area contributed by atoms with E-state index in [1.54, 1.807) is 31.4 Å². The second kappa shape index (κ2) is 7.24. The van der Waals surface area contributed by atoms with Gasteiger partial charge in [-0.1, -0.05) is 66.7 Å². The standard InChI is InChI=1S/C29H20O3/c1-31-21-14-11-19(12-15-21)29(30)32-17-20-13-16-26-24-9-3-6-18-5-2-8-23(27(18)24)25-10-4-7-22(20)28(25)26/h2-16H,17H2,1H3. The fourth-order valence-electron chi connectivity index (χ4n) is 4.79. The number of esters is 1. The third kappa shape index (κ3) is 2.78. The molecule has 3 nitrogen and oxygen atoms in total. The molecule has 0 aliphatic heterocycles. The van der Waals surface area contributed by atoms with Crippen LogP contribution >= 0.6 is 0 Å². The van der Waals surface area contributed by atoms with Gasteiger partial charge in [-0.15, -0.1) is 0 Å². The third-order valence-electron chi connectivity index (χ3n) is 6.30.